The Morgan fingerprint density at radius 1 is 1.00 bits per heavy atom. The second-order valence-corrected chi connectivity index (χ2v) is 6.96. The molecule has 0 unspecified atom stereocenters. The first-order valence-corrected chi connectivity index (χ1v) is 9.79. The third-order valence-electron chi connectivity index (χ3n) is 4.57. The minimum Gasteiger partial charge on any atom is -0.487 e. The van der Waals surface area contributed by atoms with E-state index < -0.39 is 0 Å². The molecular formula is C25H20FN3O2. The quantitative estimate of drug-likeness (QED) is 0.303. The van der Waals surface area contributed by atoms with Crippen LogP contribution in [0.15, 0.2) is 91.1 Å². The topological polar surface area (TPSA) is 57.0 Å². The molecule has 0 aliphatic rings. The summed E-state index contributed by atoms with van der Waals surface area (Å²) in [4.78, 5) is 12.1. The lowest BCUT2D eigenvalue weighted by Crippen LogP contribution is -2.00. The van der Waals surface area contributed by atoms with Crippen LogP contribution in [0.3, 0.4) is 0 Å². The summed E-state index contributed by atoms with van der Waals surface area (Å²) >= 11 is 0. The number of halogens is 1. The third-order valence-corrected chi connectivity index (χ3v) is 4.57. The lowest BCUT2D eigenvalue weighted by molar-refractivity contribution is 0.104. The third kappa shape index (κ3) is 5.73. The Morgan fingerprint density at radius 2 is 1.81 bits per heavy atom. The van der Waals surface area contributed by atoms with Crippen molar-refractivity contribution in [1.29, 1.82) is 0 Å². The second-order valence-electron chi connectivity index (χ2n) is 6.96. The Hall–Kier alpha value is -4.06. The van der Waals surface area contributed by atoms with Crippen LogP contribution < -0.4 is 4.74 Å². The summed E-state index contributed by atoms with van der Waals surface area (Å²) in [6.07, 6.45) is 5.11. The highest BCUT2D eigenvalue weighted by atomic mass is 19.1. The maximum absolute atomic E-state index is 13.3. The highest BCUT2D eigenvalue weighted by Crippen LogP contribution is 2.15. The molecule has 0 fully saturated rings. The fourth-order valence-corrected chi connectivity index (χ4v) is 3.01. The van der Waals surface area contributed by atoms with Gasteiger partial charge in [-0.2, -0.15) is 0 Å². The number of allylic oxidation sites excluding steroid dienone is 1. The Labute approximate surface area is 179 Å². The number of carbonyl (C=O) groups is 1. The van der Waals surface area contributed by atoms with Crippen LogP contribution in [0, 0.1) is 5.82 Å². The number of ether oxygens (including phenoxy) is 1. The molecule has 0 amide bonds. The highest BCUT2D eigenvalue weighted by Gasteiger charge is 2.04. The van der Waals surface area contributed by atoms with Gasteiger partial charge in [0.15, 0.2) is 5.78 Å². The van der Waals surface area contributed by atoms with Gasteiger partial charge in [0, 0.05) is 5.56 Å². The maximum atomic E-state index is 13.3. The summed E-state index contributed by atoms with van der Waals surface area (Å²) in [5, 5.41) is 8.15. The number of nitrogens with zero attached hydrogens (tertiary/aromatic N) is 3. The first kappa shape index (κ1) is 20.2. The minimum atomic E-state index is -0.274. The van der Waals surface area contributed by atoms with Crippen molar-refractivity contribution in [3.8, 4) is 5.75 Å². The van der Waals surface area contributed by atoms with E-state index in [1.807, 2.05) is 48.5 Å². The first-order chi connectivity index (χ1) is 15.2. The van der Waals surface area contributed by atoms with Crippen LogP contribution in [0.1, 0.15) is 27.2 Å². The van der Waals surface area contributed by atoms with Gasteiger partial charge < -0.3 is 4.74 Å². The van der Waals surface area contributed by atoms with Gasteiger partial charge in [-0.05, 0) is 41.5 Å². The van der Waals surface area contributed by atoms with Crippen molar-refractivity contribution >= 4 is 11.9 Å². The molecule has 0 aliphatic heterocycles. The summed E-state index contributed by atoms with van der Waals surface area (Å²) in [6.45, 7) is 0.707. The van der Waals surface area contributed by atoms with E-state index in [4.69, 9.17) is 4.74 Å². The second kappa shape index (κ2) is 9.63. The summed E-state index contributed by atoms with van der Waals surface area (Å²) in [7, 11) is 0. The van der Waals surface area contributed by atoms with E-state index in [9.17, 15) is 9.18 Å². The average molecular weight is 413 g/mol. The number of hydrogen-bond acceptors (Lipinski definition) is 4. The van der Waals surface area contributed by atoms with E-state index in [1.54, 1.807) is 41.2 Å². The van der Waals surface area contributed by atoms with E-state index in [2.05, 4.69) is 10.3 Å². The predicted molar refractivity (Wildman–Crippen MR) is 116 cm³/mol. The van der Waals surface area contributed by atoms with Gasteiger partial charge in [0.1, 0.15) is 23.9 Å². The molecule has 0 saturated heterocycles. The zero-order valence-corrected chi connectivity index (χ0v) is 16.7. The monoisotopic (exact) mass is 413 g/mol. The molecular weight excluding hydrogens is 393 g/mol. The zero-order valence-electron chi connectivity index (χ0n) is 16.7. The molecule has 4 rings (SSSR count). The maximum Gasteiger partial charge on any atom is 0.185 e. The van der Waals surface area contributed by atoms with Crippen LogP contribution in [0.4, 0.5) is 4.39 Å². The Bertz CT molecular complexity index is 1180. The van der Waals surface area contributed by atoms with Gasteiger partial charge >= 0.3 is 0 Å². The molecule has 0 radical (unpaired) electrons. The minimum absolute atomic E-state index is 0.0396. The van der Waals surface area contributed by atoms with Gasteiger partial charge in [-0.1, -0.05) is 65.9 Å². The summed E-state index contributed by atoms with van der Waals surface area (Å²) in [5.74, 6) is 0.373. The van der Waals surface area contributed by atoms with Crippen molar-refractivity contribution in [3.63, 3.8) is 0 Å². The van der Waals surface area contributed by atoms with Crippen molar-refractivity contribution in [2.75, 3.05) is 0 Å². The summed E-state index contributed by atoms with van der Waals surface area (Å²) < 4.78 is 20.7. The first-order valence-electron chi connectivity index (χ1n) is 9.79. The van der Waals surface area contributed by atoms with Crippen LogP contribution >= 0.6 is 0 Å². The van der Waals surface area contributed by atoms with Crippen molar-refractivity contribution in [3.05, 3.63) is 119 Å². The molecule has 0 saturated carbocycles. The summed E-state index contributed by atoms with van der Waals surface area (Å²) in [5.41, 5.74) is 3.04. The highest BCUT2D eigenvalue weighted by molar-refractivity contribution is 6.06. The lowest BCUT2D eigenvalue weighted by atomic mass is 10.1. The fraction of sp³-hybridized carbons (Fsp3) is 0.0800. The molecule has 0 spiro atoms. The van der Waals surface area contributed by atoms with Gasteiger partial charge in [-0.15, -0.1) is 5.10 Å². The molecule has 0 bridgehead atoms. The van der Waals surface area contributed by atoms with Crippen LogP contribution in [-0.4, -0.2) is 20.8 Å². The molecule has 0 aliphatic carbocycles. The van der Waals surface area contributed by atoms with Crippen LogP contribution in [-0.2, 0) is 13.2 Å². The van der Waals surface area contributed by atoms with Crippen LogP contribution in [0.5, 0.6) is 5.75 Å². The molecule has 1 heterocycles. The number of benzene rings is 3. The number of rotatable bonds is 8. The number of ketones is 1. The normalized spacial score (nSPS) is 11.0. The molecule has 5 nitrogen and oxygen atoms in total. The molecule has 3 aromatic carbocycles. The van der Waals surface area contributed by atoms with E-state index >= 15 is 0 Å². The number of hydrogen-bond donors (Lipinski definition) is 0. The number of aromatic nitrogens is 3. The van der Waals surface area contributed by atoms with E-state index in [0.29, 0.717) is 23.6 Å². The largest absolute Gasteiger partial charge is 0.487 e. The smallest absolute Gasteiger partial charge is 0.185 e. The SMILES string of the molecule is O=C(C=Cc1ccc(OCc2cn(Cc3cccc(F)c3)nn2)cc1)c1ccccc1. The van der Waals surface area contributed by atoms with E-state index in [-0.39, 0.29) is 18.2 Å². The van der Waals surface area contributed by atoms with Gasteiger partial charge in [0.05, 0.1) is 12.7 Å². The number of carbonyl (C=O) groups excluding carboxylic acids is 1. The Morgan fingerprint density at radius 3 is 2.58 bits per heavy atom. The van der Waals surface area contributed by atoms with Crippen molar-refractivity contribution < 1.29 is 13.9 Å². The molecule has 31 heavy (non-hydrogen) atoms. The van der Waals surface area contributed by atoms with E-state index in [1.165, 1.54) is 12.1 Å². The van der Waals surface area contributed by atoms with Crippen molar-refractivity contribution in [1.82, 2.24) is 15.0 Å². The van der Waals surface area contributed by atoms with Crippen molar-refractivity contribution in [2.45, 2.75) is 13.2 Å². The van der Waals surface area contributed by atoms with Gasteiger partial charge in [-0.25, -0.2) is 9.07 Å². The van der Waals surface area contributed by atoms with Gasteiger partial charge in [0.25, 0.3) is 0 Å². The molecule has 0 N–H and O–H groups in total. The van der Waals surface area contributed by atoms with Gasteiger partial charge in [0.2, 0.25) is 0 Å². The zero-order chi connectivity index (χ0) is 21.5. The fourth-order valence-electron chi connectivity index (χ4n) is 3.01. The Balaban J connectivity index is 1.30. The molecule has 4 aromatic rings. The molecule has 0 atom stereocenters. The lowest BCUT2D eigenvalue weighted by Gasteiger charge is -2.04. The summed E-state index contributed by atoms with van der Waals surface area (Å²) in [6, 6.07) is 23.0. The van der Waals surface area contributed by atoms with Crippen LogP contribution in [0.2, 0.25) is 0 Å². The van der Waals surface area contributed by atoms with Crippen molar-refractivity contribution in [2.24, 2.45) is 0 Å². The molecule has 1 aromatic heterocycles. The Kier molecular flexibility index (Phi) is 6.28. The van der Waals surface area contributed by atoms with E-state index in [0.717, 1.165) is 11.1 Å². The standard InChI is InChI=1S/C25H20FN3O2/c26-22-8-4-5-20(15-22)16-29-17-23(27-28-29)18-31-24-12-9-19(10-13-24)11-14-25(30)21-6-2-1-3-7-21/h1-15,17H,16,18H2. The molecule has 154 valence electrons. The molecule has 6 heteroatoms. The van der Waals surface area contributed by atoms with Gasteiger partial charge in [-0.3, -0.25) is 4.79 Å². The predicted octanol–water partition coefficient (Wildman–Crippen LogP) is 4.94. The average Bonchev–Trinajstić information content (AvgIpc) is 3.24. The van der Waals surface area contributed by atoms with Crippen LogP contribution in [0.25, 0.3) is 6.08 Å².